The van der Waals surface area contributed by atoms with E-state index in [1.165, 1.54) is 6.07 Å². The SMILES string of the molecule is CC(C)N(CC#N)Cc1ccccc1F. The number of halogens is 1. The number of benzene rings is 1. The highest BCUT2D eigenvalue weighted by molar-refractivity contribution is 5.17. The van der Waals surface area contributed by atoms with Gasteiger partial charge in [0.15, 0.2) is 0 Å². The summed E-state index contributed by atoms with van der Waals surface area (Å²) in [4.78, 5) is 1.93. The Balaban J connectivity index is 2.75. The van der Waals surface area contributed by atoms with E-state index >= 15 is 0 Å². The smallest absolute Gasteiger partial charge is 0.127 e. The van der Waals surface area contributed by atoms with Gasteiger partial charge in [-0.15, -0.1) is 0 Å². The molecule has 0 heterocycles. The molecule has 0 unspecified atom stereocenters. The van der Waals surface area contributed by atoms with E-state index in [1.54, 1.807) is 12.1 Å². The van der Waals surface area contributed by atoms with E-state index in [2.05, 4.69) is 6.07 Å². The molecule has 0 fully saturated rings. The molecule has 15 heavy (non-hydrogen) atoms. The molecule has 0 saturated heterocycles. The second-order valence-electron chi connectivity index (χ2n) is 3.75. The van der Waals surface area contributed by atoms with Gasteiger partial charge in [0, 0.05) is 18.2 Å². The maximum atomic E-state index is 13.3. The Hall–Kier alpha value is -1.40. The lowest BCUT2D eigenvalue weighted by atomic mass is 10.2. The monoisotopic (exact) mass is 206 g/mol. The van der Waals surface area contributed by atoms with Gasteiger partial charge in [-0.2, -0.15) is 5.26 Å². The van der Waals surface area contributed by atoms with Gasteiger partial charge in [-0.25, -0.2) is 4.39 Å². The van der Waals surface area contributed by atoms with Gasteiger partial charge in [-0.3, -0.25) is 4.90 Å². The molecule has 0 saturated carbocycles. The van der Waals surface area contributed by atoms with Crippen molar-refractivity contribution in [2.45, 2.75) is 26.4 Å². The van der Waals surface area contributed by atoms with Crippen LogP contribution in [0, 0.1) is 17.1 Å². The van der Waals surface area contributed by atoms with Crippen LogP contribution < -0.4 is 0 Å². The molecule has 0 aliphatic heterocycles. The van der Waals surface area contributed by atoms with Gasteiger partial charge in [-0.05, 0) is 19.9 Å². The molecule has 0 aromatic heterocycles. The molecule has 1 aromatic carbocycles. The summed E-state index contributed by atoms with van der Waals surface area (Å²) < 4.78 is 13.3. The molecule has 3 heteroatoms. The molecule has 1 aromatic rings. The van der Waals surface area contributed by atoms with Crippen molar-refractivity contribution in [1.29, 1.82) is 5.26 Å². The van der Waals surface area contributed by atoms with Crippen molar-refractivity contribution < 1.29 is 4.39 Å². The summed E-state index contributed by atoms with van der Waals surface area (Å²) in [6, 6.07) is 9.01. The molecular weight excluding hydrogens is 191 g/mol. The van der Waals surface area contributed by atoms with Crippen LogP contribution in [-0.4, -0.2) is 17.5 Å². The van der Waals surface area contributed by atoms with Crippen molar-refractivity contribution in [2.24, 2.45) is 0 Å². The van der Waals surface area contributed by atoms with E-state index in [0.29, 0.717) is 18.7 Å². The summed E-state index contributed by atoms with van der Waals surface area (Å²) in [7, 11) is 0. The Morgan fingerprint density at radius 1 is 1.40 bits per heavy atom. The molecular formula is C12H15FN2. The summed E-state index contributed by atoms with van der Waals surface area (Å²) in [5.74, 6) is -0.207. The minimum atomic E-state index is -0.207. The first-order chi connectivity index (χ1) is 7.15. The standard InChI is InChI=1S/C12H15FN2/c1-10(2)15(8-7-14)9-11-5-3-4-6-12(11)13/h3-6,10H,8-9H2,1-2H3. The molecule has 0 amide bonds. The molecule has 0 bridgehead atoms. The third-order valence-corrected chi connectivity index (χ3v) is 2.34. The molecule has 0 aliphatic carbocycles. The van der Waals surface area contributed by atoms with E-state index < -0.39 is 0 Å². The first-order valence-electron chi connectivity index (χ1n) is 4.99. The predicted octanol–water partition coefficient (Wildman–Crippen LogP) is 2.56. The minimum Gasteiger partial charge on any atom is -0.284 e. The van der Waals surface area contributed by atoms with Crippen LogP contribution in [0.1, 0.15) is 19.4 Å². The number of nitriles is 1. The fourth-order valence-electron chi connectivity index (χ4n) is 1.36. The topological polar surface area (TPSA) is 27.0 Å². The zero-order valence-corrected chi connectivity index (χ0v) is 9.07. The summed E-state index contributed by atoms with van der Waals surface area (Å²) in [6.45, 7) is 4.81. The molecule has 0 radical (unpaired) electrons. The van der Waals surface area contributed by atoms with Crippen LogP contribution in [-0.2, 0) is 6.54 Å². The van der Waals surface area contributed by atoms with Crippen LogP contribution in [0.15, 0.2) is 24.3 Å². The van der Waals surface area contributed by atoms with Crippen molar-refractivity contribution in [2.75, 3.05) is 6.54 Å². The molecule has 0 N–H and O–H groups in total. The molecule has 80 valence electrons. The highest BCUT2D eigenvalue weighted by atomic mass is 19.1. The molecule has 0 atom stereocenters. The van der Waals surface area contributed by atoms with Crippen LogP contribution in [0.5, 0.6) is 0 Å². The Morgan fingerprint density at radius 2 is 2.07 bits per heavy atom. The van der Waals surface area contributed by atoms with E-state index in [0.717, 1.165) is 0 Å². The number of hydrogen-bond donors (Lipinski definition) is 0. The molecule has 0 spiro atoms. The fraction of sp³-hybridized carbons (Fsp3) is 0.417. The largest absolute Gasteiger partial charge is 0.284 e. The van der Waals surface area contributed by atoms with E-state index in [9.17, 15) is 4.39 Å². The lowest BCUT2D eigenvalue weighted by molar-refractivity contribution is 0.237. The predicted molar refractivity (Wildman–Crippen MR) is 57.6 cm³/mol. The van der Waals surface area contributed by atoms with Crippen LogP contribution in [0.25, 0.3) is 0 Å². The zero-order chi connectivity index (χ0) is 11.3. The summed E-state index contributed by atoms with van der Waals surface area (Å²) >= 11 is 0. The van der Waals surface area contributed by atoms with Gasteiger partial charge in [0.25, 0.3) is 0 Å². The maximum Gasteiger partial charge on any atom is 0.127 e. The van der Waals surface area contributed by atoms with Gasteiger partial charge in [0.2, 0.25) is 0 Å². The lowest BCUT2D eigenvalue weighted by Crippen LogP contribution is -2.30. The maximum absolute atomic E-state index is 13.3. The second-order valence-corrected chi connectivity index (χ2v) is 3.75. The number of hydrogen-bond acceptors (Lipinski definition) is 2. The Bertz CT molecular complexity index is 355. The average molecular weight is 206 g/mol. The quantitative estimate of drug-likeness (QED) is 0.708. The van der Waals surface area contributed by atoms with Crippen LogP contribution in [0.3, 0.4) is 0 Å². The first-order valence-corrected chi connectivity index (χ1v) is 4.99. The summed E-state index contributed by atoms with van der Waals surface area (Å²) in [5.41, 5.74) is 0.640. The van der Waals surface area contributed by atoms with Crippen molar-refractivity contribution in [3.63, 3.8) is 0 Å². The van der Waals surface area contributed by atoms with Gasteiger partial charge in [-0.1, -0.05) is 18.2 Å². The highest BCUT2D eigenvalue weighted by Gasteiger charge is 2.11. The van der Waals surface area contributed by atoms with Crippen LogP contribution >= 0.6 is 0 Å². The fourth-order valence-corrected chi connectivity index (χ4v) is 1.36. The third-order valence-electron chi connectivity index (χ3n) is 2.34. The van der Waals surface area contributed by atoms with Crippen molar-refractivity contribution in [1.82, 2.24) is 4.90 Å². The number of rotatable bonds is 4. The Morgan fingerprint density at radius 3 is 2.60 bits per heavy atom. The van der Waals surface area contributed by atoms with Crippen molar-refractivity contribution in [3.05, 3.63) is 35.6 Å². The Labute approximate surface area is 89.9 Å². The van der Waals surface area contributed by atoms with Crippen molar-refractivity contribution in [3.8, 4) is 6.07 Å². The minimum absolute atomic E-state index is 0.207. The van der Waals surface area contributed by atoms with Crippen molar-refractivity contribution >= 4 is 0 Å². The van der Waals surface area contributed by atoms with Gasteiger partial charge < -0.3 is 0 Å². The zero-order valence-electron chi connectivity index (χ0n) is 9.07. The normalized spacial score (nSPS) is 10.7. The average Bonchev–Trinajstić information content (AvgIpc) is 2.20. The second kappa shape index (κ2) is 5.47. The van der Waals surface area contributed by atoms with Crippen LogP contribution in [0.2, 0.25) is 0 Å². The van der Waals surface area contributed by atoms with E-state index in [-0.39, 0.29) is 11.9 Å². The Kier molecular flexibility index (Phi) is 4.26. The van der Waals surface area contributed by atoms with Crippen LogP contribution in [0.4, 0.5) is 4.39 Å². The first kappa shape index (κ1) is 11.7. The lowest BCUT2D eigenvalue weighted by Gasteiger charge is -2.23. The molecule has 2 nitrogen and oxygen atoms in total. The van der Waals surface area contributed by atoms with Gasteiger partial charge in [0.1, 0.15) is 5.82 Å². The van der Waals surface area contributed by atoms with Gasteiger partial charge in [0.05, 0.1) is 12.6 Å². The highest BCUT2D eigenvalue weighted by Crippen LogP contribution is 2.11. The van der Waals surface area contributed by atoms with E-state index in [4.69, 9.17) is 5.26 Å². The van der Waals surface area contributed by atoms with E-state index in [1.807, 2.05) is 24.8 Å². The molecule has 0 aliphatic rings. The third kappa shape index (κ3) is 3.34. The number of nitrogens with zero attached hydrogens (tertiary/aromatic N) is 2. The molecule has 1 rings (SSSR count). The van der Waals surface area contributed by atoms with Gasteiger partial charge >= 0.3 is 0 Å². The summed E-state index contributed by atoms with van der Waals surface area (Å²) in [5, 5.41) is 8.65. The summed E-state index contributed by atoms with van der Waals surface area (Å²) in [6.07, 6.45) is 0.